The minimum atomic E-state index is 0.972. The highest BCUT2D eigenvalue weighted by Gasteiger charge is 1.89. The Morgan fingerprint density at radius 3 is 2.89 bits per heavy atom. The first-order valence-corrected chi connectivity index (χ1v) is 2.73. The number of hydrogen-bond acceptors (Lipinski definition) is 2. The van der Waals surface area contributed by atoms with E-state index < -0.39 is 0 Å². The zero-order valence-corrected chi connectivity index (χ0v) is 5.33. The van der Waals surface area contributed by atoms with E-state index in [4.69, 9.17) is 0 Å². The first kappa shape index (κ1) is 5.95. The molecule has 0 radical (unpaired) electrons. The summed E-state index contributed by atoms with van der Waals surface area (Å²) in [6.07, 6.45) is 5.02. The van der Waals surface area contributed by atoms with Crippen molar-refractivity contribution in [2.75, 3.05) is 0 Å². The highest BCUT2D eigenvalue weighted by molar-refractivity contribution is 5.47. The number of hydrogen-bond donors (Lipinski definition) is 0. The Hall–Kier alpha value is -1.18. The molecule has 1 heterocycles. The molecule has 1 aromatic rings. The number of aryl methyl sites for hydroxylation is 1. The van der Waals surface area contributed by atoms with Crippen LogP contribution in [0.1, 0.15) is 11.3 Å². The van der Waals surface area contributed by atoms with Crippen LogP contribution < -0.4 is 0 Å². The summed E-state index contributed by atoms with van der Waals surface area (Å²) < 4.78 is 0. The fourth-order valence-corrected chi connectivity index (χ4v) is 0.602. The highest BCUT2D eigenvalue weighted by atomic mass is 14.8. The van der Waals surface area contributed by atoms with Crippen molar-refractivity contribution in [3.63, 3.8) is 0 Å². The average molecular weight is 120 g/mol. The molecule has 0 aromatic carbocycles. The summed E-state index contributed by atoms with van der Waals surface area (Å²) in [7, 11) is 0. The minimum Gasteiger partial charge on any atom is -0.244 e. The third-order valence-electron chi connectivity index (χ3n) is 1.17. The van der Waals surface area contributed by atoms with E-state index in [0.717, 1.165) is 11.3 Å². The van der Waals surface area contributed by atoms with Crippen LogP contribution in [0.25, 0.3) is 6.08 Å². The van der Waals surface area contributed by atoms with Gasteiger partial charge in [0.1, 0.15) is 6.33 Å². The van der Waals surface area contributed by atoms with E-state index in [1.54, 1.807) is 12.3 Å². The van der Waals surface area contributed by atoms with E-state index >= 15 is 0 Å². The monoisotopic (exact) mass is 120 g/mol. The lowest BCUT2D eigenvalue weighted by Crippen LogP contribution is -1.85. The van der Waals surface area contributed by atoms with Crippen molar-refractivity contribution in [3.8, 4) is 0 Å². The molecule has 2 nitrogen and oxygen atoms in total. The largest absolute Gasteiger partial charge is 0.244 e. The summed E-state index contributed by atoms with van der Waals surface area (Å²) >= 11 is 0. The van der Waals surface area contributed by atoms with Gasteiger partial charge in [0, 0.05) is 17.5 Å². The quantitative estimate of drug-likeness (QED) is 0.560. The van der Waals surface area contributed by atoms with Gasteiger partial charge in [0.15, 0.2) is 0 Å². The Morgan fingerprint density at radius 1 is 1.67 bits per heavy atom. The topological polar surface area (TPSA) is 25.8 Å². The normalized spacial score (nSPS) is 9.00. The zero-order valence-electron chi connectivity index (χ0n) is 5.33. The molecule has 2 heteroatoms. The van der Waals surface area contributed by atoms with Crippen molar-refractivity contribution < 1.29 is 0 Å². The van der Waals surface area contributed by atoms with Crippen LogP contribution in [0.4, 0.5) is 0 Å². The van der Waals surface area contributed by atoms with Gasteiger partial charge in [-0.2, -0.15) is 0 Å². The standard InChI is InChI=1S/C7H8N2/c1-3-7-4-8-5-9-6(7)2/h3-5H,1H2,2H3. The molecule has 0 aliphatic carbocycles. The van der Waals surface area contributed by atoms with E-state index in [0.29, 0.717) is 0 Å². The van der Waals surface area contributed by atoms with Crippen LogP contribution in [0.3, 0.4) is 0 Å². The van der Waals surface area contributed by atoms with Crippen LogP contribution in [0.2, 0.25) is 0 Å². The van der Waals surface area contributed by atoms with Crippen LogP contribution >= 0.6 is 0 Å². The Morgan fingerprint density at radius 2 is 2.44 bits per heavy atom. The van der Waals surface area contributed by atoms with E-state index in [-0.39, 0.29) is 0 Å². The Balaban J connectivity index is 3.15. The molecule has 46 valence electrons. The Kier molecular flexibility index (Phi) is 1.58. The average Bonchev–Trinajstić information content (AvgIpc) is 1.89. The number of aromatic nitrogens is 2. The molecule has 0 N–H and O–H groups in total. The van der Waals surface area contributed by atoms with Crippen molar-refractivity contribution in [1.82, 2.24) is 9.97 Å². The van der Waals surface area contributed by atoms with Gasteiger partial charge in [-0.1, -0.05) is 12.7 Å². The maximum Gasteiger partial charge on any atom is 0.115 e. The molecule has 1 aromatic heterocycles. The Bertz CT molecular complexity index is 218. The van der Waals surface area contributed by atoms with Crippen LogP contribution in [0.5, 0.6) is 0 Å². The second-order valence-corrected chi connectivity index (χ2v) is 1.77. The molecule has 0 saturated heterocycles. The fourth-order valence-electron chi connectivity index (χ4n) is 0.602. The molecular weight excluding hydrogens is 112 g/mol. The lowest BCUT2D eigenvalue weighted by Gasteiger charge is -1.93. The third-order valence-corrected chi connectivity index (χ3v) is 1.17. The van der Waals surface area contributed by atoms with Gasteiger partial charge < -0.3 is 0 Å². The highest BCUT2D eigenvalue weighted by Crippen LogP contribution is 2.00. The molecule has 0 amide bonds. The van der Waals surface area contributed by atoms with Gasteiger partial charge in [-0.15, -0.1) is 0 Å². The summed E-state index contributed by atoms with van der Waals surface area (Å²) in [4.78, 5) is 7.80. The predicted octanol–water partition coefficient (Wildman–Crippen LogP) is 1.43. The second-order valence-electron chi connectivity index (χ2n) is 1.77. The molecule has 0 spiro atoms. The van der Waals surface area contributed by atoms with Crippen LogP contribution in [0.15, 0.2) is 19.1 Å². The maximum absolute atomic E-state index is 3.97. The summed E-state index contributed by atoms with van der Waals surface area (Å²) in [6.45, 7) is 5.54. The van der Waals surface area contributed by atoms with E-state index in [2.05, 4.69) is 16.5 Å². The van der Waals surface area contributed by atoms with Crippen LogP contribution in [0, 0.1) is 6.92 Å². The molecular formula is C7H8N2. The van der Waals surface area contributed by atoms with Crippen LogP contribution in [-0.2, 0) is 0 Å². The first-order chi connectivity index (χ1) is 4.34. The molecule has 0 bridgehead atoms. The molecule has 0 atom stereocenters. The first-order valence-electron chi connectivity index (χ1n) is 2.73. The lowest BCUT2D eigenvalue weighted by atomic mass is 10.2. The number of nitrogens with zero attached hydrogens (tertiary/aromatic N) is 2. The number of rotatable bonds is 1. The molecule has 0 aliphatic heterocycles. The summed E-state index contributed by atoms with van der Waals surface area (Å²) in [5.41, 5.74) is 1.97. The molecule has 0 aliphatic rings. The summed E-state index contributed by atoms with van der Waals surface area (Å²) in [5.74, 6) is 0. The second kappa shape index (κ2) is 2.40. The Labute approximate surface area is 54.3 Å². The summed E-state index contributed by atoms with van der Waals surface area (Å²) in [5, 5.41) is 0. The molecule has 1 rings (SSSR count). The molecule has 0 unspecified atom stereocenters. The van der Waals surface area contributed by atoms with Gasteiger partial charge in [0.05, 0.1) is 0 Å². The van der Waals surface area contributed by atoms with Gasteiger partial charge in [-0.25, -0.2) is 9.97 Å². The van der Waals surface area contributed by atoms with Gasteiger partial charge in [0.2, 0.25) is 0 Å². The third kappa shape index (κ3) is 1.13. The van der Waals surface area contributed by atoms with Crippen LogP contribution in [-0.4, -0.2) is 9.97 Å². The lowest BCUT2D eigenvalue weighted by molar-refractivity contribution is 1.09. The van der Waals surface area contributed by atoms with Gasteiger partial charge in [-0.3, -0.25) is 0 Å². The van der Waals surface area contributed by atoms with Gasteiger partial charge >= 0.3 is 0 Å². The minimum absolute atomic E-state index is 0.972. The van der Waals surface area contributed by atoms with Gasteiger partial charge in [0.25, 0.3) is 0 Å². The maximum atomic E-state index is 3.97. The van der Waals surface area contributed by atoms with E-state index in [1.165, 1.54) is 6.33 Å². The smallest absolute Gasteiger partial charge is 0.115 e. The van der Waals surface area contributed by atoms with E-state index in [1.807, 2.05) is 6.92 Å². The molecule has 0 fully saturated rings. The fraction of sp³-hybridized carbons (Fsp3) is 0.143. The van der Waals surface area contributed by atoms with Crippen molar-refractivity contribution in [3.05, 3.63) is 30.4 Å². The summed E-state index contributed by atoms with van der Waals surface area (Å²) in [6, 6.07) is 0. The molecule has 9 heavy (non-hydrogen) atoms. The van der Waals surface area contributed by atoms with Crippen molar-refractivity contribution in [2.45, 2.75) is 6.92 Å². The van der Waals surface area contributed by atoms with Crippen molar-refractivity contribution in [2.24, 2.45) is 0 Å². The van der Waals surface area contributed by atoms with Crippen molar-refractivity contribution in [1.29, 1.82) is 0 Å². The van der Waals surface area contributed by atoms with E-state index in [9.17, 15) is 0 Å². The predicted molar refractivity (Wildman–Crippen MR) is 36.9 cm³/mol. The SMILES string of the molecule is C=Cc1cncnc1C. The zero-order chi connectivity index (χ0) is 6.69. The molecule has 0 saturated carbocycles. The van der Waals surface area contributed by atoms with Crippen molar-refractivity contribution >= 4 is 6.08 Å². The van der Waals surface area contributed by atoms with Gasteiger partial charge in [-0.05, 0) is 6.92 Å².